The van der Waals surface area contributed by atoms with Gasteiger partial charge in [0.15, 0.2) is 0 Å². The van der Waals surface area contributed by atoms with Crippen LogP contribution in [0.25, 0.3) is 10.9 Å². The molecule has 0 aliphatic heterocycles. The summed E-state index contributed by atoms with van der Waals surface area (Å²) in [6, 6.07) is 13.0. The number of rotatable bonds is 9. The molecule has 0 aliphatic rings. The van der Waals surface area contributed by atoms with Crippen LogP contribution in [0, 0.1) is 0 Å². The van der Waals surface area contributed by atoms with Crippen molar-refractivity contribution in [3.05, 3.63) is 65.6 Å². The molecule has 152 valence electrons. The molecule has 0 spiro atoms. The maximum Gasteiger partial charge on any atom is 0.269 e. The van der Waals surface area contributed by atoms with Crippen LogP contribution >= 0.6 is 0 Å². The fraction of sp³-hybridized carbons (Fsp3) is 0.318. The van der Waals surface area contributed by atoms with Gasteiger partial charge in [-0.05, 0) is 57.2 Å². The lowest BCUT2D eigenvalue weighted by Gasteiger charge is -2.10. The Hall–Kier alpha value is -3.19. The number of hydrogen-bond acceptors (Lipinski definition) is 4. The van der Waals surface area contributed by atoms with Crippen molar-refractivity contribution in [1.29, 1.82) is 0 Å². The molecule has 7 heteroatoms. The fourth-order valence-corrected chi connectivity index (χ4v) is 3.12. The summed E-state index contributed by atoms with van der Waals surface area (Å²) in [5.41, 5.74) is 2.73. The number of fused-ring (bicyclic) bond motifs is 1. The summed E-state index contributed by atoms with van der Waals surface area (Å²) in [6.07, 6.45) is 3.53. The summed E-state index contributed by atoms with van der Waals surface area (Å²) in [7, 11) is 3.98. The molecular formula is C22H27N5O2. The van der Waals surface area contributed by atoms with Gasteiger partial charge in [0.1, 0.15) is 11.4 Å². The zero-order chi connectivity index (χ0) is 20.6. The van der Waals surface area contributed by atoms with Gasteiger partial charge in [0.05, 0.1) is 0 Å². The summed E-state index contributed by atoms with van der Waals surface area (Å²) in [6.45, 7) is 1.95. The molecule has 2 heterocycles. The smallest absolute Gasteiger partial charge is 0.269 e. The first-order chi connectivity index (χ1) is 14.0. The normalized spacial score (nSPS) is 11.0. The minimum atomic E-state index is -0.285. The number of H-pyrrole nitrogens is 1. The summed E-state index contributed by atoms with van der Waals surface area (Å²) < 4.78 is 0. The predicted octanol–water partition coefficient (Wildman–Crippen LogP) is 2.22. The molecule has 0 aliphatic carbocycles. The first-order valence-corrected chi connectivity index (χ1v) is 9.78. The number of carbonyl (C=O) groups excluding carboxylic acids is 2. The Labute approximate surface area is 170 Å². The largest absolute Gasteiger partial charge is 0.361 e. The number of aromatic nitrogens is 2. The van der Waals surface area contributed by atoms with E-state index in [1.165, 1.54) is 0 Å². The Morgan fingerprint density at radius 2 is 1.66 bits per heavy atom. The van der Waals surface area contributed by atoms with E-state index in [1.54, 1.807) is 18.2 Å². The SMILES string of the molecule is CN(C)CCCNC(=O)c1cccc(C(=O)NCCc2c[nH]c3ccccc23)n1. The van der Waals surface area contributed by atoms with Crippen LogP contribution in [0.5, 0.6) is 0 Å². The number of benzene rings is 1. The van der Waals surface area contributed by atoms with E-state index >= 15 is 0 Å². The minimum Gasteiger partial charge on any atom is -0.361 e. The number of nitrogens with one attached hydrogen (secondary N) is 3. The highest BCUT2D eigenvalue weighted by atomic mass is 16.2. The Balaban J connectivity index is 1.51. The van der Waals surface area contributed by atoms with Gasteiger partial charge in [-0.1, -0.05) is 24.3 Å². The molecule has 0 radical (unpaired) electrons. The Bertz CT molecular complexity index is 980. The maximum absolute atomic E-state index is 12.4. The van der Waals surface area contributed by atoms with E-state index in [2.05, 4.69) is 31.6 Å². The number of carbonyl (C=O) groups is 2. The highest BCUT2D eigenvalue weighted by molar-refractivity contribution is 5.96. The van der Waals surface area contributed by atoms with E-state index in [0.717, 1.165) is 29.4 Å². The zero-order valence-corrected chi connectivity index (χ0v) is 16.9. The van der Waals surface area contributed by atoms with Crippen molar-refractivity contribution in [3.8, 4) is 0 Å². The molecule has 0 saturated carbocycles. The minimum absolute atomic E-state index is 0.241. The summed E-state index contributed by atoms with van der Waals surface area (Å²) in [5.74, 6) is -0.552. The molecule has 0 saturated heterocycles. The lowest BCUT2D eigenvalue weighted by Crippen LogP contribution is -2.30. The van der Waals surface area contributed by atoms with Crippen LogP contribution in [0.3, 0.4) is 0 Å². The highest BCUT2D eigenvalue weighted by Gasteiger charge is 2.12. The summed E-state index contributed by atoms with van der Waals surface area (Å²) in [4.78, 5) is 34.2. The lowest BCUT2D eigenvalue weighted by atomic mass is 10.1. The Kier molecular flexibility index (Phi) is 6.97. The molecule has 2 amide bonds. The van der Waals surface area contributed by atoms with Gasteiger partial charge in [0, 0.05) is 30.2 Å². The molecule has 0 atom stereocenters. The van der Waals surface area contributed by atoms with Gasteiger partial charge in [-0.15, -0.1) is 0 Å². The number of amides is 2. The molecule has 1 aromatic carbocycles. The molecule has 3 aromatic rings. The van der Waals surface area contributed by atoms with Gasteiger partial charge >= 0.3 is 0 Å². The van der Waals surface area contributed by atoms with E-state index < -0.39 is 0 Å². The van der Waals surface area contributed by atoms with Crippen LogP contribution in [-0.2, 0) is 6.42 Å². The molecule has 7 nitrogen and oxygen atoms in total. The number of hydrogen-bond donors (Lipinski definition) is 3. The predicted molar refractivity (Wildman–Crippen MR) is 114 cm³/mol. The van der Waals surface area contributed by atoms with Crippen molar-refractivity contribution < 1.29 is 9.59 Å². The molecule has 3 N–H and O–H groups in total. The van der Waals surface area contributed by atoms with Crippen LogP contribution in [-0.4, -0.2) is 60.4 Å². The number of aromatic amines is 1. The number of pyridine rings is 1. The van der Waals surface area contributed by atoms with Gasteiger partial charge in [0.25, 0.3) is 11.8 Å². The maximum atomic E-state index is 12.4. The van der Waals surface area contributed by atoms with Crippen LogP contribution in [0.4, 0.5) is 0 Å². The second-order valence-electron chi connectivity index (χ2n) is 7.19. The molecule has 2 aromatic heterocycles. The van der Waals surface area contributed by atoms with Crippen LogP contribution < -0.4 is 10.6 Å². The van der Waals surface area contributed by atoms with E-state index in [4.69, 9.17) is 0 Å². The molecule has 0 unspecified atom stereocenters. The Morgan fingerprint density at radius 3 is 2.38 bits per heavy atom. The van der Waals surface area contributed by atoms with E-state index in [0.29, 0.717) is 19.5 Å². The van der Waals surface area contributed by atoms with Crippen molar-refractivity contribution in [3.63, 3.8) is 0 Å². The van der Waals surface area contributed by atoms with Crippen LogP contribution in [0.15, 0.2) is 48.7 Å². The second kappa shape index (κ2) is 9.84. The topological polar surface area (TPSA) is 90.1 Å². The average molecular weight is 393 g/mol. The summed E-state index contributed by atoms with van der Waals surface area (Å²) in [5, 5.41) is 6.88. The van der Waals surface area contributed by atoms with Crippen LogP contribution in [0.2, 0.25) is 0 Å². The van der Waals surface area contributed by atoms with Gasteiger partial charge in [-0.2, -0.15) is 0 Å². The first kappa shape index (κ1) is 20.5. The standard InChI is InChI=1S/C22H27N5O2/c1-27(2)14-6-12-23-21(28)19-9-5-10-20(26-19)22(29)24-13-11-16-15-25-18-8-4-3-7-17(16)18/h3-5,7-10,15,25H,6,11-14H2,1-2H3,(H,23,28)(H,24,29). The van der Waals surface area contributed by atoms with Crippen molar-refractivity contribution >= 4 is 22.7 Å². The van der Waals surface area contributed by atoms with E-state index in [9.17, 15) is 9.59 Å². The molecule has 3 rings (SSSR count). The van der Waals surface area contributed by atoms with Crippen molar-refractivity contribution in [2.75, 3.05) is 33.7 Å². The van der Waals surface area contributed by atoms with Gasteiger partial charge in [-0.25, -0.2) is 4.98 Å². The highest BCUT2D eigenvalue weighted by Crippen LogP contribution is 2.17. The van der Waals surface area contributed by atoms with Crippen LogP contribution in [0.1, 0.15) is 33.0 Å². The van der Waals surface area contributed by atoms with E-state index in [-0.39, 0.29) is 23.2 Å². The molecule has 29 heavy (non-hydrogen) atoms. The second-order valence-corrected chi connectivity index (χ2v) is 7.19. The third-order valence-corrected chi connectivity index (χ3v) is 4.64. The lowest BCUT2D eigenvalue weighted by molar-refractivity contribution is 0.0944. The number of para-hydroxylation sites is 1. The third-order valence-electron chi connectivity index (χ3n) is 4.64. The number of nitrogens with zero attached hydrogens (tertiary/aromatic N) is 2. The van der Waals surface area contributed by atoms with Gasteiger partial charge in [0.2, 0.25) is 0 Å². The zero-order valence-electron chi connectivity index (χ0n) is 16.9. The first-order valence-electron chi connectivity index (χ1n) is 9.78. The monoisotopic (exact) mass is 393 g/mol. The van der Waals surface area contributed by atoms with Gasteiger partial charge < -0.3 is 20.5 Å². The van der Waals surface area contributed by atoms with Crippen molar-refractivity contribution in [2.24, 2.45) is 0 Å². The van der Waals surface area contributed by atoms with Crippen molar-refractivity contribution in [2.45, 2.75) is 12.8 Å². The molecular weight excluding hydrogens is 366 g/mol. The van der Waals surface area contributed by atoms with Gasteiger partial charge in [-0.3, -0.25) is 9.59 Å². The van der Waals surface area contributed by atoms with E-state index in [1.807, 2.05) is 38.5 Å². The quantitative estimate of drug-likeness (QED) is 0.486. The average Bonchev–Trinajstić information content (AvgIpc) is 3.14. The Morgan fingerprint density at radius 1 is 0.966 bits per heavy atom. The third kappa shape index (κ3) is 5.65. The molecule has 0 bridgehead atoms. The summed E-state index contributed by atoms with van der Waals surface area (Å²) >= 11 is 0. The van der Waals surface area contributed by atoms with Crippen molar-refractivity contribution in [1.82, 2.24) is 25.5 Å². The molecule has 0 fully saturated rings. The fourth-order valence-electron chi connectivity index (χ4n) is 3.12.